The molecule has 0 aliphatic carbocycles. The lowest BCUT2D eigenvalue weighted by Gasteiger charge is -2.26. The van der Waals surface area contributed by atoms with E-state index in [2.05, 4.69) is 9.64 Å². The fourth-order valence-corrected chi connectivity index (χ4v) is 5.46. The SMILES string of the molecule is O=C(Oc1ccc2c(Oc3ccc(OCCN4CCCCC4)cc3)c(-c3ccsc3Cl)ccc2c1)C(F)(F)F. The van der Waals surface area contributed by atoms with Gasteiger partial charge in [-0.2, -0.15) is 13.2 Å². The van der Waals surface area contributed by atoms with Gasteiger partial charge in [0.15, 0.2) is 0 Å². The molecule has 0 saturated carbocycles. The molecule has 1 aromatic heterocycles. The number of benzene rings is 3. The Balaban J connectivity index is 1.38. The summed E-state index contributed by atoms with van der Waals surface area (Å²) in [5, 5.41) is 3.01. The minimum Gasteiger partial charge on any atom is -0.492 e. The fraction of sp³-hybridized carbons (Fsp3) is 0.276. The maximum Gasteiger partial charge on any atom is 0.491 e. The van der Waals surface area contributed by atoms with Crippen molar-refractivity contribution in [2.24, 2.45) is 0 Å². The number of halogens is 4. The summed E-state index contributed by atoms with van der Waals surface area (Å²) in [6.45, 7) is 3.72. The van der Waals surface area contributed by atoms with Crippen molar-refractivity contribution in [1.29, 1.82) is 0 Å². The van der Waals surface area contributed by atoms with Crippen LogP contribution >= 0.6 is 22.9 Å². The van der Waals surface area contributed by atoms with E-state index in [1.54, 1.807) is 30.3 Å². The van der Waals surface area contributed by atoms with E-state index in [1.807, 2.05) is 23.6 Å². The third kappa shape index (κ3) is 6.66. The van der Waals surface area contributed by atoms with Crippen molar-refractivity contribution >= 4 is 39.7 Å². The van der Waals surface area contributed by atoms with Crippen molar-refractivity contribution in [2.75, 3.05) is 26.2 Å². The Hall–Kier alpha value is -3.27. The molecule has 5 rings (SSSR count). The van der Waals surface area contributed by atoms with E-state index in [9.17, 15) is 18.0 Å². The third-order valence-corrected chi connectivity index (χ3v) is 7.63. The number of hydrogen-bond donors (Lipinski definition) is 0. The highest BCUT2D eigenvalue weighted by Gasteiger charge is 2.41. The number of carbonyl (C=O) groups is 1. The maximum atomic E-state index is 12.7. The standard InChI is InChI=1S/C29H25ClF3NO4S/c30-27-25(12-17-39-27)24-10-4-19-18-22(38-28(35)29(31,32)33)9-11-23(19)26(24)37-21-7-5-20(6-8-21)36-16-15-34-13-2-1-3-14-34/h4-12,17-18H,1-3,13-16H2. The molecule has 1 fully saturated rings. The number of hydrogen-bond acceptors (Lipinski definition) is 6. The van der Waals surface area contributed by atoms with Gasteiger partial charge in [0.25, 0.3) is 0 Å². The summed E-state index contributed by atoms with van der Waals surface area (Å²) < 4.78 is 55.3. The summed E-state index contributed by atoms with van der Waals surface area (Å²) in [5.41, 5.74) is 1.49. The van der Waals surface area contributed by atoms with Crippen molar-refractivity contribution in [2.45, 2.75) is 25.4 Å². The second kappa shape index (κ2) is 11.9. The monoisotopic (exact) mass is 575 g/mol. The molecule has 4 aromatic rings. The van der Waals surface area contributed by atoms with Gasteiger partial charge >= 0.3 is 12.1 Å². The average Bonchev–Trinajstić information content (AvgIpc) is 3.35. The van der Waals surface area contributed by atoms with E-state index in [-0.39, 0.29) is 5.75 Å². The van der Waals surface area contributed by atoms with Gasteiger partial charge in [-0.15, -0.1) is 11.3 Å². The van der Waals surface area contributed by atoms with Gasteiger partial charge in [-0.05, 0) is 91.3 Å². The highest BCUT2D eigenvalue weighted by molar-refractivity contribution is 7.15. The number of alkyl halides is 3. The minimum absolute atomic E-state index is 0.219. The topological polar surface area (TPSA) is 48.0 Å². The number of likely N-dealkylation sites (tertiary alicyclic amines) is 1. The first-order valence-corrected chi connectivity index (χ1v) is 13.8. The molecule has 204 valence electrons. The molecule has 5 nitrogen and oxygen atoms in total. The molecule has 2 heterocycles. The lowest BCUT2D eigenvalue weighted by Crippen LogP contribution is -2.33. The maximum absolute atomic E-state index is 12.7. The van der Waals surface area contributed by atoms with Crippen LogP contribution in [0.1, 0.15) is 19.3 Å². The molecule has 0 N–H and O–H groups in total. The first-order chi connectivity index (χ1) is 18.8. The van der Waals surface area contributed by atoms with Gasteiger partial charge < -0.3 is 14.2 Å². The lowest BCUT2D eigenvalue weighted by atomic mass is 10.0. The Morgan fingerprint density at radius 3 is 2.31 bits per heavy atom. The van der Waals surface area contributed by atoms with E-state index in [4.69, 9.17) is 21.1 Å². The number of ether oxygens (including phenoxy) is 3. The number of fused-ring (bicyclic) bond motifs is 1. The fourth-order valence-electron chi connectivity index (χ4n) is 4.51. The molecule has 0 unspecified atom stereocenters. The minimum atomic E-state index is -5.09. The number of thiophene rings is 1. The van der Waals surface area contributed by atoms with Gasteiger partial charge in [0.05, 0.1) is 0 Å². The van der Waals surface area contributed by atoms with Crippen LogP contribution in [0.3, 0.4) is 0 Å². The van der Waals surface area contributed by atoms with E-state index < -0.39 is 12.1 Å². The molecule has 10 heteroatoms. The van der Waals surface area contributed by atoms with Gasteiger partial charge in [-0.25, -0.2) is 4.79 Å². The quantitative estimate of drug-likeness (QED) is 0.156. The summed E-state index contributed by atoms with van der Waals surface area (Å²) in [6.07, 6.45) is -1.33. The van der Waals surface area contributed by atoms with Crippen LogP contribution in [0.5, 0.6) is 23.0 Å². The largest absolute Gasteiger partial charge is 0.492 e. The van der Waals surface area contributed by atoms with Crippen molar-refractivity contribution < 1.29 is 32.2 Å². The van der Waals surface area contributed by atoms with Crippen LogP contribution in [0.2, 0.25) is 4.34 Å². The number of esters is 1. The summed E-state index contributed by atoms with van der Waals surface area (Å²) >= 11 is 7.81. The molecule has 1 saturated heterocycles. The van der Waals surface area contributed by atoms with E-state index in [0.29, 0.717) is 33.2 Å². The van der Waals surface area contributed by atoms with Crippen LogP contribution in [0.4, 0.5) is 13.2 Å². The zero-order valence-corrected chi connectivity index (χ0v) is 22.4. The van der Waals surface area contributed by atoms with E-state index in [1.165, 1.54) is 42.7 Å². The van der Waals surface area contributed by atoms with Gasteiger partial charge in [0.1, 0.15) is 33.9 Å². The molecule has 0 atom stereocenters. The Morgan fingerprint density at radius 2 is 1.62 bits per heavy atom. The van der Waals surface area contributed by atoms with Crippen LogP contribution in [0.25, 0.3) is 21.9 Å². The zero-order chi connectivity index (χ0) is 27.4. The van der Waals surface area contributed by atoms with Crippen molar-refractivity contribution in [3.63, 3.8) is 0 Å². The highest BCUT2D eigenvalue weighted by Crippen LogP contribution is 2.44. The van der Waals surface area contributed by atoms with Crippen LogP contribution < -0.4 is 14.2 Å². The first-order valence-electron chi connectivity index (χ1n) is 12.5. The number of nitrogens with zero attached hydrogens (tertiary/aromatic N) is 1. The summed E-state index contributed by atoms with van der Waals surface area (Å²) in [4.78, 5) is 13.7. The molecule has 0 bridgehead atoms. The summed E-state index contributed by atoms with van der Waals surface area (Å²) in [7, 11) is 0. The van der Waals surface area contributed by atoms with Crippen LogP contribution in [0, 0.1) is 0 Å². The predicted octanol–water partition coefficient (Wildman–Crippen LogP) is 8.35. The van der Waals surface area contributed by atoms with Crippen LogP contribution in [-0.4, -0.2) is 43.3 Å². The summed E-state index contributed by atoms with van der Waals surface area (Å²) in [5.74, 6) is -0.748. The molecule has 3 aromatic carbocycles. The summed E-state index contributed by atoms with van der Waals surface area (Å²) in [6, 6.07) is 16.9. The zero-order valence-electron chi connectivity index (χ0n) is 20.8. The number of rotatable bonds is 8. The Bertz CT molecular complexity index is 1450. The Labute approximate surface area is 232 Å². The van der Waals surface area contributed by atoms with Crippen molar-refractivity contribution in [3.8, 4) is 34.1 Å². The van der Waals surface area contributed by atoms with Crippen LogP contribution in [0.15, 0.2) is 66.0 Å². The van der Waals surface area contributed by atoms with Crippen LogP contribution in [-0.2, 0) is 4.79 Å². The van der Waals surface area contributed by atoms with Gasteiger partial charge in [0, 0.05) is 23.1 Å². The first kappa shape index (κ1) is 27.3. The molecular formula is C29H25ClF3NO4S. The Kier molecular flexibility index (Phi) is 8.30. The molecular weight excluding hydrogens is 551 g/mol. The predicted molar refractivity (Wildman–Crippen MR) is 146 cm³/mol. The lowest BCUT2D eigenvalue weighted by molar-refractivity contribution is -0.189. The average molecular weight is 576 g/mol. The normalized spacial score (nSPS) is 14.4. The smallest absolute Gasteiger partial charge is 0.491 e. The molecule has 1 aliphatic heterocycles. The molecule has 0 radical (unpaired) electrons. The van der Waals surface area contributed by atoms with Gasteiger partial charge in [0.2, 0.25) is 0 Å². The van der Waals surface area contributed by atoms with Crippen molar-refractivity contribution in [1.82, 2.24) is 4.90 Å². The third-order valence-electron chi connectivity index (χ3n) is 6.46. The van der Waals surface area contributed by atoms with E-state index in [0.717, 1.165) is 36.5 Å². The van der Waals surface area contributed by atoms with E-state index >= 15 is 0 Å². The van der Waals surface area contributed by atoms with Crippen molar-refractivity contribution in [3.05, 3.63) is 70.4 Å². The number of piperidine rings is 1. The Morgan fingerprint density at radius 1 is 0.897 bits per heavy atom. The van der Waals surface area contributed by atoms with Gasteiger partial charge in [-0.3, -0.25) is 4.90 Å². The molecule has 0 spiro atoms. The highest BCUT2D eigenvalue weighted by atomic mass is 35.5. The molecule has 39 heavy (non-hydrogen) atoms. The molecule has 1 aliphatic rings. The van der Waals surface area contributed by atoms with Gasteiger partial charge in [-0.1, -0.05) is 24.1 Å². The second-order valence-corrected chi connectivity index (χ2v) is 10.7. The molecule has 0 amide bonds. The second-order valence-electron chi connectivity index (χ2n) is 9.14. The number of carbonyl (C=O) groups excluding carboxylic acids is 1.